The van der Waals surface area contributed by atoms with Gasteiger partial charge in [0.05, 0.1) is 12.7 Å². The summed E-state index contributed by atoms with van der Waals surface area (Å²) in [5.74, 6) is 0. The van der Waals surface area contributed by atoms with Crippen molar-refractivity contribution in [3.63, 3.8) is 0 Å². The molecule has 0 aliphatic carbocycles. The second kappa shape index (κ2) is 5.94. The highest BCUT2D eigenvalue weighted by molar-refractivity contribution is 7.80. The summed E-state index contributed by atoms with van der Waals surface area (Å²) in [5.41, 5.74) is -1.46. The van der Waals surface area contributed by atoms with Crippen LogP contribution in [0.3, 0.4) is 0 Å². The van der Waals surface area contributed by atoms with Gasteiger partial charge in [0, 0.05) is 13.2 Å². The van der Waals surface area contributed by atoms with E-state index in [9.17, 15) is 10.2 Å². The van der Waals surface area contributed by atoms with E-state index in [1.165, 1.54) is 24.1 Å². The Hall–Kier alpha value is -0.730. The number of thiocarbonyl (C=S) groups is 1. The highest BCUT2D eigenvalue weighted by Gasteiger charge is 2.53. The lowest BCUT2D eigenvalue weighted by molar-refractivity contribution is -0.0989. The maximum Gasteiger partial charge on any atom is 0.174 e. The van der Waals surface area contributed by atoms with Crippen LogP contribution in [0.4, 0.5) is 0 Å². The summed E-state index contributed by atoms with van der Waals surface area (Å²) in [4.78, 5) is 1.47. The third-order valence-corrected chi connectivity index (χ3v) is 3.37. The molecule has 18 heavy (non-hydrogen) atoms. The molecular weight excluding hydrogens is 256 g/mol. The van der Waals surface area contributed by atoms with Gasteiger partial charge in [-0.1, -0.05) is 0 Å². The Morgan fingerprint density at radius 2 is 2.22 bits per heavy atom. The average Bonchev–Trinajstić information content (AvgIpc) is 2.53. The van der Waals surface area contributed by atoms with Gasteiger partial charge in [0.25, 0.3) is 0 Å². The Morgan fingerprint density at radius 3 is 2.61 bits per heavy atom. The molecule has 4 N–H and O–H groups in total. The van der Waals surface area contributed by atoms with Crippen LogP contribution in [0.15, 0.2) is 12.3 Å². The minimum Gasteiger partial charge on any atom is -0.392 e. The number of ether oxygens (including phenoxy) is 1. The minimum atomic E-state index is -1.46. The van der Waals surface area contributed by atoms with Crippen LogP contribution < -0.4 is 5.32 Å². The van der Waals surface area contributed by atoms with Crippen molar-refractivity contribution in [3.05, 3.63) is 12.3 Å². The molecule has 0 amide bonds. The zero-order valence-corrected chi connectivity index (χ0v) is 11.5. The number of nitrogens with zero attached hydrogens (tertiary/aromatic N) is 1. The highest BCUT2D eigenvalue weighted by Crippen LogP contribution is 2.33. The molecule has 1 saturated heterocycles. The maximum absolute atomic E-state index is 10.3. The summed E-state index contributed by atoms with van der Waals surface area (Å²) in [5, 5.41) is 32.1. The first-order chi connectivity index (χ1) is 8.36. The smallest absolute Gasteiger partial charge is 0.174 e. The van der Waals surface area contributed by atoms with Crippen molar-refractivity contribution in [3.8, 4) is 0 Å². The standard InChI is InChI=1S/C11H20N2O4S/c1-7-8(15)11(2,16)9(17-7)13(5-4-6-14)10(18)12-3/h4-5,7-9,14-16H,6H2,1-3H3,(H,12,18)/b5-4-/t7?,8?,9?,11-/m1/s1. The number of rotatable bonds is 3. The molecule has 1 rings (SSSR count). The molecule has 0 aromatic rings. The minimum absolute atomic E-state index is 0.157. The van der Waals surface area contributed by atoms with Gasteiger partial charge in [-0.25, -0.2) is 0 Å². The average molecular weight is 276 g/mol. The van der Waals surface area contributed by atoms with Gasteiger partial charge < -0.3 is 25.4 Å². The van der Waals surface area contributed by atoms with E-state index >= 15 is 0 Å². The van der Waals surface area contributed by atoms with Crippen molar-refractivity contribution in [2.75, 3.05) is 13.7 Å². The Labute approximate surface area is 112 Å². The summed E-state index contributed by atoms with van der Waals surface area (Å²) < 4.78 is 5.54. The Balaban J connectivity index is 2.99. The van der Waals surface area contributed by atoms with Crippen molar-refractivity contribution in [2.45, 2.75) is 37.9 Å². The fourth-order valence-electron chi connectivity index (χ4n) is 1.93. The molecule has 0 radical (unpaired) electrons. The molecule has 7 heteroatoms. The zero-order chi connectivity index (χ0) is 13.9. The molecule has 6 nitrogen and oxygen atoms in total. The summed E-state index contributed by atoms with van der Waals surface area (Å²) in [6.45, 7) is 3.01. The van der Waals surface area contributed by atoms with Crippen molar-refractivity contribution < 1.29 is 20.1 Å². The second-order valence-electron chi connectivity index (χ2n) is 4.39. The quantitative estimate of drug-likeness (QED) is 0.500. The van der Waals surface area contributed by atoms with Crippen molar-refractivity contribution >= 4 is 17.3 Å². The predicted molar refractivity (Wildman–Crippen MR) is 70.7 cm³/mol. The van der Waals surface area contributed by atoms with Crippen LogP contribution in [0.1, 0.15) is 13.8 Å². The van der Waals surface area contributed by atoms with Crippen molar-refractivity contribution in [1.29, 1.82) is 0 Å². The van der Waals surface area contributed by atoms with Gasteiger partial charge in [0.2, 0.25) is 0 Å². The summed E-state index contributed by atoms with van der Waals surface area (Å²) in [7, 11) is 1.64. The van der Waals surface area contributed by atoms with E-state index < -0.39 is 24.0 Å². The van der Waals surface area contributed by atoms with Gasteiger partial charge in [-0.3, -0.25) is 4.90 Å². The van der Waals surface area contributed by atoms with E-state index in [4.69, 9.17) is 22.1 Å². The molecule has 1 fully saturated rings. The molecule has 1 heterocycles. The molecule has 4 atom stereocenters. The number of hydrogen-bond donors (Lipinski definition) is 4. The van der Waals surface area contributed by atoms with E-state index in [1.807, 2.05) is 0 Å². The summed E-state index contributed by atoms with van der Waals surface area (Å²) >= 11 is 5.12. The second-order valence-corrected chi connectivity index (χ2v) is 4.78. The van der Waals surface area contributed by atoms with Gasteiger partial charge in [-0.15, -0.1) is 0 Å². The van der Waals surface area contributed by atoms with E-state index in [-0.39, 0.29) is 6.61 Å². The molecular formula is C11H20N2O4S. The van der Waals surface area contributed by atoms with E-state index in [0.29, 0.717) is 5.11 Å². The molecule has 0 bridgehead atoms. The monoisotopic (exact) mass is 276 g/mol. The topological polar surface area (TPSA) is 85.2 Å². The SMILES string of the molecule is CNC(=S)N(/C=C\CO)C1OC(C)C(O)[C@@]1(C)O. The molecule has 0 aromatic carbocycles. The molecule has 0 aromatic heterocycles. The fourth-order valence-corrected chi connectivity index (χ4v) is 2.08. The van der Waals surface area contributed by atoms with Crippen LogP contribution in [0.2, 0.25) is 0 Å². The first kappa shape index (κ1) is 15.3. The Kier molecular flexibility index (Phi) is 5.06. The van der Waals surface area contributed by atoms with Crippen LogP contribution in [-0.4, -0.2) is 63.0 Å². The normalized spacial score (nSPS) is 36.0. The summed E-state index contributed by atoms with van der Waals surface area (Å²) in [6.07, 6.45) is 0.661. The van der Waals surface area contributed by atoms with Crippen molar-refractivity contribution in [1.82, 2.24) is 10.2 Å². The lowest BCUT2D eigenvalue weighted by Crippen LogP contribution is -2.54. The van der Waals surface area contributed by atoms with Gasteiger partial charge in [-0.05, 0) is 32.1 Å². The maximum atomic E-state index is 10.3. The fraction of sp³-hybridized carbons (Fsp3) is 0.727. The Morgan fingerprint density at radius 1 is 1.61 bits per heavy atom. The molecule has 0 saturated carbocycles. The van der Waals surface area contributed by atoms with Gasteiger partial charge in [-0.2, -0.15) is 0 Å². The van der Waals surface area contributed by atoms with E-state index in [0.717, 1.165) is 0 Å². The predicted octanol–water partition coefficient (Wildman–Crippen LogP) is -0.845. The van der Waals surface area contributed by atoms with Crippen molar-refractivity contribution in [2.24, 2.45) is 0 Å². The van der Waals surface area contributed by atoms with Crippen LogP contribution in [0.25, 0.3) is 0 Å². The molecule has 0 spiro atoms. The molecule has 1 aliphatic rings. The number of hydrogen-bond acceptors (Lipinski definition) is 5. The largest absolute Gasteiger partial charge is 0.392 e. The van der Waals surface area contributed by atoms with Crippen LogP contribution in [-0.2, 0) is 4.74 Å². The number of aliphatic hydroxyl groups excluding tert-OH is 2. The van der Waals surface area contributed by atoms with Gasteiger partial charge in [0.15, 0.2) is 11.3 Å². The molecule has 1 aliphatic heterocycles. The van der Waals surface area contributed by atoms with Crippen LogP contribution >= 0.6 is 12.2 Å². The lowest BCUT2D eigenvalue weighted by Gasteiger charge is -2.34. The third kappa shape index (κ3) is 2.81. The van der Waals surface area contributed by atoms with Gasteiger partial charge in [0.1, 0.15) is 11.7 Å². The highest BCUT2D eigenvalue weighted by atomic mass is 32.1. The molecule has 104 valence electrons. The van der Waals surface area contributed by atoms with Crippen LogP contribution in [0, 0.1) is 0 Å². The van der Waals surface area contributed by atoms with Gasteiger partial charge >= 0.3 is 0 Å². The zero-order valence-electron chi connectivity index (χ0n) is 10.7. The first-order valence-electron chi connectivity index (χ1n) is 5.69. The van der Waals surface area contributed by atoms with Crippen LogP contribution in [0.5, 0.6) is 0 Å². The lowest BCUT2D eigenvalue weighted by atomic mass is 9.96. The first-order valence-corrected chi connectivity index (χ1v) is 6.10. The number of aliphatic hydroxyl groups is 3. The Bertz CT molecular complexity index is 335. The number of nitrogens with one attached hydrogen (secondary N) is 1. The van der Waals surface area contributed by atoms with E-state index in [1.54, 1.807) is 14.0 Å². The molecule has 3 unspecified atom stereocenters. The summed E-state index contributed by atoms with van der Waals surface area (Å²) in [6, 6.07) is 0. The van der Waals surface area contributed by atoms with E-state index in [2.05, 4.69) is 5.32 Å². The third-order valence-electron chi connectivity index (χ3n) is 2.96.